The van der Waals surface area contributed by atoms with Gasteiger partial charge < -0.3 is 14.7 Å². The molecule has 4 heteroatoms. The highest BCUT2D eigenvalue weighted by Crippen LogP contribution is 2.33. The van der Waals surface area contributed by atoms with Gasteiger partial charge in [-0.3, -0.25) is 4.79 Å². The molecule has 0 spiro atoms. The standard InChI is InChI=1S/C18H25NO3/c1-22-16-6-4-14(5-7-16)12-15-8-11-19(13-15)17(20)18(21)9-2-3-10-18/h4-7,15,21H,2-3,8-13H2,1H3. The maximum atomic E-state index is 12.5. The second kappa shape index (κ2) is 6.29. The summed E-state index contributed by atoms with van der Waals surface area (Å²) < 4.78 is 5.18. The van der Waals surface area contributed by atoms with E-state index in [0.717, 1.165) is 44.5 Å². The van der Waals surface area contributed by atoms with Gasteiger partial charge in [-0.15, -0.1) is 0 Å². The highest BCUT2D eigenvalue weighted by atomic mass is 16.5. The lowest BCUT2D eigenvalue weighted by atomic mass is 9.98. The number of likely N-dealkylation sites (tertiary alicyclic amines) is 1. The third-order valence-electron chi connectivity index (χ3n) is 5.09. The SMILES string of the molecule is COc1ccc(CC2CCN(C(=O)C3(O)CCCC3)C2)cc1. The first-order valence-electron chi connectivity index (χ1n) is 8.25. The van der Waals surface area contributed by atoms with Crippen molar-refractivity contribution in [2.24, 2.45) is 5.92 Å². The van der Waals surface area contributed by atoms with Gasteiger partial charge in [0.2, 0.25) is 0 Å². The van der Waals surface area contributed by atoms with E-state index in [9.17, 15) is 9.90 Å². The van der Waals surface area contributed by atoms with Gasteiger partial charge in [0.1, 0.15) is 11.4 Å². The molecule has 1 heterocycles. The Kier molecular flexibility index (Phi) is 4.39. The minimum atomic E-state index is -1.07. The Balaban J connectivity index is 1.56. The number of ether oxygens (including phenoxy) is 1. The van der Waals surface area contributed by atoms with E-state index in [2.05, 4.69) is 12.1 Å². The van der Waals surface area contributed by atoms with E-state index in [1.165, 1.54) is 5.56 Å². The second-order valence-corrected chi connectivity index (χ2v) is 6.70. The molecule has 1 N–H and O–H groups in total. The number of hydrogen-bond acceptors (Lipinski definition) is 3. The van der Waals surface area contributed by atoms with Gasteiger partial charge in [-0.2, -0.15) is 0 Å². The lowest BCUT2D eigenvalue weighted by molar-refractivity contribution is -0.149. The molecular formula is C18H25NO3. The molecule has 2 fully saturated rings. The number of amides is 1. The van der Waals surface area contributed by atoms with E-state index in [-0.39, 0.29) is 5.91 Å². The number of carbonyl (C=O) groups is 1. The molecule has 0 bridgehead atoms. The third kappa shape index (κ3) is 3.12. The van der Waals surface area contributed by atoms with Crippen molar-refractivity contribution in [1.29, 1.82) is 0 Å². The number of carbonyl (C=O) groups excluding carboxylic acids is 1. The van der Waals surface area contributed by atoms with Crippen LogP contribution in [-0.2, 0) is 11.2 Å². The molecule has 1 aliphatic heterocycles. The maximum Gasteiger partial charge on any atom is 0.254 e. The Hall–Kier alpha value is -1.55. The van der Waals surface area contributed by atoms with Crippen molar-refractivity contribution >= 4 is 5.91 Å². The first kappa shape index (κ1) is 15.3. The predicted molar refractivity (Wildman–Crippen MR) is 84.8 cm³/mol. The van der Waals surface area contributed by atoms with Crippen LogP contribution in [-0.4, -0.2) is 41.7 Å². The molecule has 3 rings (SSSR count). The number of hydrogen-bond donors (Lipinski definition) is 1. The smallest absolute Gasteiger partial charge is 0.254 e. The van der Waals surface area contributed by atoms with Gasteiger partial charge in [-0.25, -0.2) is 0 Å². The van der Waals surface area contributed by atoms with Crippen LogP contribution < -0.4 is 4.74 Å². The van der Waals surface area contributed by atoms with E-state index in [1.807, 2.05) is 17.0 Å². The zero-order chi connectivity index (χ0) is 15.6. The number of aliphatic hydroxyl groups is 1. The molecule has 4 nitrogen and oxygen atoms in total. The molecule has 1 unspecified atom stereocenters. The molecule has 1 aliphatic carbocycles. The normalized spacial score (nSPS) is 23.7. The molecular weight excluding hydrogens is 278 g/mol. The van der Waals surface area contributed by atoms with Crippen molar-refractivity contribution < 1.29 is 14.6 Å². The van der Waals surface area contributed by atoms with Crippen molar-refractivity contribution in [2.45, 2.75) is 44.1 Å². The topological polar surface area (TPSA) is 49.8 Å². The van der Waals surface area contributed by atoms with Crippen LogP contribution in [0.15, 0.2) is 24.3 Å². The van der Waals surface area contributed by atoms with E-state index < -0.39 is 5.60 Å². The van der Waals surface area contributed by atoms with Gasteiger partial charge >= 0.3 is 0 Å². The van der Waals surface area contributed by atoms with Crippen molar-refractivity contribution in [1.82, 2.24) is 4.90 Å². The summed E-state index contributed by atoms with van der Waals surface area (Å²) in [6, 6.07) is 8.14. The Morgan fingerprint density at radius 2 is 2.00 bits per heavy atom. The van der Waals surface area contributed by atoms with Gasteiger partial charge in [0.15, 0.2) is 0 Å². The summed E-state index contributed by atoms with van der Waals surface area (Å²) >= 11 is 0. The summed E-state index contributed by atoms with van der Waals surface area (Å²) in [6.07, 6.45) is 5.19. The molecule has 1 atom stereocenters. The van der Waals surface area contributed by atoms with E-state index in [1.54, 1.807) is 7.11 Å². The molecule has 1 saturated heterocycles. The summed E-state index contributed by atoms with van der Waals surface area (Å²) in [6.45, 7) is 1.55. The van der Waals surface area contributed by atoms with E-state index in [4.69, 9.17) is 4.74 Å². The Labute approximate surface area is 132 Å². The van der Waals surface area contributed by atoms with Gasteiger partial charge in [0, 0.05) is 13.1 Å². The first-order valence-corrected chi connectivity index (χ1v) is 8.25. The summed E-state index contributed by atoms with van der Waals surface area (Å²) in [5.74, 6) is 1.32. The minimum absolute atomic E-state index is 0.0396. The molecule has 0 radical (unpaired) electrons. The summed E-state index contributed by atoms with van der Waals surface area (Å²) in [7, 11) is 1.67. The van der Waals surface area contributed by atoms with Gasteiger partial charge in [0.05, 0.1) is 7.11 Å². The zero-order valence-corrected chi connectivity index (χ0v) is 13.3. The quantitative estimate of drug-likeness (QED) is 0.929. The van der Waals surface area contributed by atoms with Crippen LogP contribution in [0.25, 0.3) is 0 Å². The Morgan fingerprint density at radius 1 is 1.32 bits per heavy atom. The van der Waals surface area contributed by atoms with Crippen molar-refractivity contribution in [2.75, 3.05) is 20.2 Å². The number of methoxy groups -OCH3 is 1. The first-order chi connectivity index (χ1) is 10.6. The fourth-order valence-corrected chi connectivity index (χ4v) is 3.75. The van der Waals surface area contributed by atoms with E-state index >= 15 is 0 Å². The van der Waals surface area contributed by atoms with Crippen LogP contribution in [0.1, 0.15) is 37.7 Å². The largest absolute Gasteiger partial charge is 0.497 e. The fraction of sp³-hybridized carbons (Fsp3) is 0.611. The molecule has 0 aromatic heterocycles. The molecule has 1 aromatic carbocycles. The molecule has 1 saturated carbocycles. The second-order valence-electron chi connectivity index (χ2n) is 6.70. The van der Waals surface area contributed by atoms with Gasteiger partial charge in [-0.1, -0.05) is 12.1 Å². The average molecular weight is 303 g/mol. The van der Waals surface area contributed by atoms with Crippen molar-refractivity contribution in [3.8, 4) is 5.75 Å². The van der Waals surface area contributed by atoms with Crippen LogP contribution in [0, 0.1) is 5.92 Å². The highest BCUT2D eigenvalue weighted by molar-refractivity contribution is 5.85. The lowest BCUT2D eigenvalue weighted by Gasteiger charge is -2.27. The molecule has 1 amide bonds. The van der Waals surface area contributed by atoms with Crippen LogP contribution in [0.4, 0.5) is 0 Å². The van der Waals surface area contributed by atoms with Gasteiger partial charge in [-0.05, 0) is 62.1 Å². The van der Waals surface area contributed by atoms with Crippen molar-refractivity contribution in [3.05, 3.63) is 29.8 Å². The van der Waals surface area contributed by atoms with Crippen LogP contribution >= 0.6 is 0 Å². The summed E-state index contributed by atoms with van der Waals surface area (Å²) in [4.78, 5) is 14.4. The number of rotatable bonds is 4. The maximum absolute atomic E-state index is 12.5. The average Bonchev–Trinajstić information content (AvgIpc) is 3.17. The highest BCUT2D eigenvalue weighted by Gasteiger charge is 2.43. The summed E-state index contributed by atoms with van der Waals surface area (Å²) in [5.41, 5.74) is 0.203. The van der Waals surface area contributed by atoms with Crippen LogP contribution in [0.2, 0.25) is 0 Å². The Bertz CT molecular complexity index is 520. The van der Waals surface area contributed by atoms with Crippen LogP contribution in [0.3, 0.4) is 0 Å². The third-order valence-corrected chi connectivity index (χ3v) is 5.09. The van der Waals surface area contributed by atoms with Crippen molar-refractivity contribution in [3.63, 3.8) is 0 Å². The fourth-order valence-electron chi connectivity index (χ4n) is 3.75. The molecule has 1 aromatic rings. The lowest BCUT2D eigenvalue weighted by Crippen LogP contribution is -2.46. The summed E-state index contributed by atoms with van der Waals surface area (Å²) in [5, 5.41) is 10.4. The molecule has 2 aliphatic rings. The minimum Gasteiger partial charge on any atom is -0.497 e. The number of benzene rings is 1. The monoisotopic (exact) mass is 303 g/mol. The van der Waals surface area contributed by atoms with Gasteiger partial charge in [0.25, 0.3) is 5.91 Å². The zero-order valence-electron chi connectivity index (χ0n) is 13.3. The van der Waals surface area contributed by atoms with E-state index in [0.29, 0.717) is 18.8 Å². The molecule has 22 heavy (non-hydrogen) atoms. The Morgan fingerprint density at radius 3 is 2.64 bits per heavy atom. The number of nitrogens with zero attached hydrogens (tertiary/aromatic N) is 1. The molecule has 120 valence electrons. The predicted octanol–water partition coefficient (Wildman–Crippen LogP) is 2.39. The van der Waals surface area contributed by atoms with Crippen LogP contribution in [0.5, 0.6) is 5.75 Å².